The van der Waals surface area contributed by atoms with Gasteiger partial charge in [-0.1, -0.05) is 11.3 Å². The number of nitrogens with zero attached hydrogens (tertiary/aromatic N) is 3. The van der Waals surface area contributed by atoms with Crippen LogP contribution in [-0.4, -0.2) is 27.8 Å². The van der Waals surface area contributed by atoms with Crippen LogP contribution in [0.1, 0.15) is 15.2 Å². The molecular weight excluding hydrogens is 240 g/mol. The second kappa shape index (κ2) is 4.96. The second-order valence-electron chi connectivity index (χ2n) is 3.40. The number of anilines is 1. The number of methoxy groups -OCH3 is 1. The Kier molecular flexibility index (Phi) is 3.38. The minimum Gasteiger partial charge on any atom is -0.465 e. The van der Waals surface area contributed by atoms with Gasteiger partial charge in [0.25, 0.3) is 0 Å². The second-order valence-corrected chi connectivity index (χ2v) is 4.43. The van der Waals surface area contributed by atoms with Crippen molar-refractivity contribution in [3.63, 3.8) is 0 Å². The van der Waals surface area contributed by atoms with Crippen molar-refractivity contribution in [2.45, 2.75) is 6.54 Å². The Morgan fingerprint density at radius 3 is 3.06 bits per heavy atom. The molecule has 0 aliphatic carbocycles. The molecule has 0 unspecified atom stereocenters. The number of aromatic nitrogens is 3. The molecule has 0 fully saturated rings. The molecular formula is C10H12N4O2S. The number of hydrogen-bond acceptors (Lipinski definition) is 6. The van der Waals surface area contributed by atoms with Crippen molar-refractivity contribution >= 4 is 22.4 Å². The van der Waals surface area contributed by atoms with E-state index in [0.29, 0.717) is 16.6 Å². The van der Waals surface area contributed by atoms with E-state index in [1.54, 1.807) is 10.9 Å². The first-order valence-corrected chi connectivity index (χ1v) is 5.76. The lowest BCUT2D eigenvalue weighted by Crippen LogP contribution is -1.97. The Balaban J connectivity index is 1.95. The Bertz CT molecular complexity index is 520. The quantitative estimate of drug-likeness (QED) is 0.830. The topological polar surface area (TPSA) is 69.0 Å². The highest BCUT2D eigenvalue weighted by atomic mass is 32.1. The molecule has 0 aromatic carbocycles. The first-order chi connectivity index (χ1) is 8.19. The Morgan fingerprint density at radius 1 is 1.59 bits per heavy atom. The fourth-order valence-electron chi connectivity index (χ4n) is 1.29. The average Bonchev–Trinajstić information content (AvgIpc) is 2.94. The van der Waals surface area contributed by atoms with E-state index >= 15 is 0 Å². The summed E-state index contributed by atoms with van der Waals surface area (Å²) in [6, 6.07) is 0. The van der Waals surface area contributed by atoms with Crippen LogP contribution in [-0.2, 0) is 18.3 Å². The molecule has 0 amide bonds. The fourth-order valence-corrected chi connectivity index (χ4v) is 2.02. The molecule has 0 radical (unpaired) electrons. The van der Waals surface area contributed by atoms with Gasteiger partial charge < -0.3 is 10.1 Å². The summed E-state index contributed by atoms with van der Waals surface area (Å²) in [6.07, 6.45) is 5.20. The maximum atomic E-state index is 11.2. The lowest BCUT2D eigenvalue weighted by atomic mass is 10.4. The van der Waals surface area contributed by atoms with E-state index in [9.17, 15) is 4.79 Å². The summed E-state index contributed by atoms with van der Waals surface area (Å²) in [7, 11) is 3.22. The number of aryl methyl sites for hydroxylation is 1. The van der Waals surface area contributed by atoms with Gasteiger partial charge in [-0.05, 0) is 0 Å². The van der Waals surface area contributed by atoms with E-state index in [0.717, 1.165) is 5.56 Å². The van der Waals surface area contributed by atoms with Crippen LogP contribution in [0.2, 0.25) is 0 Å². The van der Waals surface area contributed by atoms with Gasteiger partial charge in [-0.3, -0.25) is 4.68 Å². The average molecular weight is 252 g/mol. The third-order valence-electron chi connectivity index (χ3n) is 2.09. The molecule has 2 rings (SSSR count). The lowest BCUT2D eigenvalue weighted by molar-refractivity contribution is 0.0606. The first-order valence-electron chi connectivity index (χ1n) is 4.94. The summed E-state index contributed by atoms with van der Waals surface area (Å²) in [6.45, 7) is 0.627. The molecule has 0 saturated carbocycles. The molecule has 6 nitrogen and oxygen atoms in total. The van der Waals surface area contributed by atoms with Gasteiger partial charge in [0.1, 0.15) is 4.88 Å². The number of carbonyl (C=O) groups is 1. The number of carbonyl (C=O) groups excluding carboxylic acids is 1. The molecule has 2 aromatic rings. The minimum absolute atomic E-state index is 0.364. The van der Waals surface area contributed by atoms with E-state index < -0.39 is 0 Å². The summed E-state index contributed by atoms with van der Waals surface area (Å²) in [5.74, 6) is -0.364. The monoisotopic (exact) mass is 252 g/mol. The Morgan fingerprint density at radius 2 is 2.41 bits per heavy atom. The van der Waals surface area contributed by atoms with E-state index in [2.05, 4.69) is 20.1 Å². The van der Waals surface area contributed by atoms with Crippen molar-refractivity contribution < 1.29 is 9.53 Å². The molecule has 90 valence electrons. The number of thiazole rings is 1. The number of rotatable bonds is 4. The van der Waals surface area contributed by atoms with Gasteiger partial charge in [0.2, 0.25) is 0 Å². The van der Waals surface area contributed by atoms with Crippen LogP contribution in [0.25, 0.3) is 0 Å². The smallest absolute Gasteiger partial charge is 0.349 e. The molecule has 7 heteroatoms. The van der Waals surface area contributed by atoms with E-state index in [1.165, 1.54) is 24.6 Å². The van der Waals surface area contributed by atoms with E-state index in [1.807, 2.05) is 13.2 Å². The van der Waals surface area contributed by atoms with Gasteiger partial charge in [0, 0.05) is 25.4 Å². The van der Waals surface area contributed by atoms with Crippen molar-refractivity contribution in [3.8, 4) is 0 Å². The molecule has 0 atom stereocenters. The van der Waals surface area contributed by atoms with E-state index in [-0.39, 0.29) is 5.97 Å². The third-order valence-corrected chi connectivity index (χ3v) is 3.03. The largest absolute Gasteiger partial charge is 0.465 e. The van der Waals surface area contributed by atoms with Crippen LogP contribution in [0.5, 0.6) is 0 Å². The molecule has 0 aliphatic rings. The van der Waals surface area contributed by atoms with Crippen molar-refractivity contribution in [1.29, 1.82) is 0 Å². The van der Waals surface area contributed by atoms with Gasteiger partial charge in [-0.25, -0.2) is 9.78 Å². The number of ether oxygens (including phenoxy) is 1. The van der Waals surface area contributed by atoms with Gasteiger partial charge >= 0.3 is 5.97 Å². The zero-order valence-electron chi connectivity index (χ0n) is 9.51. The molecule has 17 heavy (non-hydrogen) atoms. The number of esters is 1. The van der Waals surface area contributed by atoms with Crippen LogP contribution in [0.3, 0.4) is 0 Å². The summed E-state index contributed by atoms with van der Waals surface area (Å²) < 4.78 is 6.34. The summed E-state index contributed by atoms with van der Waals surface area (Å²) in [5.41, 5.74) is 1.06. The van der Waals surface area contributed by atoms with Crippen molar-refractivity contribution in [2.75, 3.05) is 12.4 Å². The SMILES string of the molecule is COC(=O)c1cnc(NCc2cnn(C)c2)s1. The predicted molar refractivity (Wildman–Crippen MR) is 64.0 cm³/mol. The maximum Gasteiger partial charge on any atom is 0.349 e. The molecule has 0 bridgehead atoms. The normalized spacial score (nSPS) is 10.2. The zero-order valence-corrected chi connectivity index (χ0v) is 10.3. The first kappa shape index (κ1) is 11.6. The van der Waals surface area contributed by atoms with Crippen LogP contribution < -0.4 is 5.32 Å². The highest BCUT2D eigenvalue weighted by Gasteiger charge is 2.10. The van der Waals surface area contributed by atoms with Crippen molar-refractivity contribution in [1.82, 2.24) is 14.8 Å². The van der Waals surface area contributed by atoms with Crippen LogP contribution in [0.4, 0.5) is 5.13 Å². The van der Waals surface area contributed by atoms with Crippen LogP contribution >= 0.6 is 11.3 Å². The van der Waals surface area contributed by atoms with Gasteiger partial charge in [-0.2, -0.15) is 5.10 Å². The predicted octanol–water partition coefficient (Wildman–Crippen LogP) is 1.28. The highest BCUT2D eigenvalue weighted by Crippen LogP contribution is 2.19. The zero-order chi connectivity index (χ0) is 12.3. The third kappa shape index (κ3) is 2.82. The number of hydrogen-bond donors (Lipinski definition) is 1. The summed E-state index contributed by atoms with van der Waals surface area (Å²) >= 11 is 1.27. The Labute approximate surface area is 102 Å². The van der Waals surface area contributed by atoms with Crippen LogP contribution in [0.15, 0.2) is 18.6 Å². The minimum atomic E-state index is -0.364. The van der Waals surface area contributed by atoms with Gasteiger partial charge in [0.05, 0.1) is 19.5 Å². The molecule has 2 aromatic heterocycles. The maximum absolute atomic E-state index is 11.2. The summed E-state index contributed by atoms with van der Waals surface area (Å²) in [4.78, 5) is 15.8. The van der Waals surface area contributed by atoms with Crippen molar-refractivity contribution in [2.24, 2.45) is 7.05 Å². The molecule has 0 saturated heterocycles. The number of nitrogens with one attached hydrogen (secondary N) is 1. The molecule has 2 heterocycles. The van der Waals surface area contributed by atoms with Crippen LogP contribution in [0, 0.1) is 0 Å². The van der Waals surface area contributed by atoms with E-state index in [4.69, 9.17) is 0 Å². The summed E-state index contributed by atoms with van der Waals surface area (Å²) in [5, 5.41) is 7.87. The Hall–Kier alpha value is -1.89. The van der Waals surface area contributed by atoms with Gasteiger partial charge in [-0.15, -0.1) is 0 Å². The standard InChI is InChI=1S/C10H12N4O2S/c1-14-6-7(4-13-14)3-11-10-12-5-8(17-10)9(15)16-2/h4-6H,3H2,1-2H3,(H,11,12). The molecule has 0 aliphatic heterocycles. The fraction of sp³-hybridized carbons (Fsp3) is 0.300. The van der Waals surface area contributed by atoms with Gasteiger partial charge in [0.15, 0.2) is 5.13 Å². The molecule has 1 N–H and O–H groups in total. The van der Waals surface area contributed by atoms with Crippen molar-refractivity contribution in [3.05, 3.63) is 29.0 Å². The lowest BCUT2D eigenvalue weighted by Gasteiger charge is -1.98. The molecule has 0 spiro atoms. The highest BCUT2D eigenvalue weighted by molar-refractivity contribution is 7.17.